The van der Waals surface area contributed by atoms with Crippen LogP contribution in [-0.2, 0) is 20.9 Å². The lowest BCUT2D eigenvalue weighted by atomic mass is 10.2. The van der Waals surface area contributed by atoms with Crippen LogP contribution in [0, 0.1) is 5.92 Å². The Morgan fingerprint density at radius 1 is 1.13 bits per heavy atom. The van der Waals surface area contributed by atoms with E-state index in [1.165, 1.54) is 0 Å². The van der Waals surface area contributed by atoms with Crippen LogP contribution in [0.4, 0.5) is 0 Å². The molecule has 1 atom stereocenters. The number of carbonyl (C=O) groups is 2. The van der Waals surface area contributed by atoms with E-state index in [0.717, 1.165) is 11.4 Å². The van der Waals surface area contributed by atoms with Gasteiger partial charge in [0.05, 0.1) is 38.0 Å². The molecule has 2 amide bonds. The Morgan fingerprint density at radius 2 is 1.90 bits per heavy atom. The van der Waals surface area contributed by atoms with Gasteiger partial charge in [-0.2, -0.15) is 0 Å². The van der Waals surface area contributed by atoms with Crippen molar-refractivity contribution in [3.63, 3.8) is 0 Å². The third-order valence-electron chi connectivity index (χ3n) is 4.99. The van der Waals surface area contributed by atoms with Gasteiger partial charge in [0.25, 0.3) is 0 Å². The number of ether oxygens (including phenoxy) is 2. The zero-order valence-corrected chi connectivity index (χ0v) is 18.3. The Bertz CT molecular complexity index is 829. The normalized spacial score (nSPS) is 17.0. The fraction of sp³-hybridized carbons (Fsp3) is 0.458. The molecular weight excluding hydrogens is 394 g/mol. The second-order valence-electron chi connectivity index (χ2n) is 8.13. The zero-order valence-electron chi connectivity index (χ0n) is 18.3. The molecule has 166 valence electrons. The first-order valence-electron chi connectivity index (χ1n) is 10.8. The van der Waals surface area contributed by atoms with Crippen LogP contribution in [-0.4, -0.2) is 65.5 Å². The molecule has 0 aliphatic carbocycles. The number of hydrogen-bond acceptors (Lipinski definition) is 5. The number of nitrogens with zero attached hydrogens (tertiary/aromatic N) is 3. The zero-order chi connectivity index (χ0) is 22.1. The van der Waals surface area contributed by atoms with Crippen LogP contribution in [0.2, 0.25) is 0 Å². The van der Waals surface area contributed by atoms with Gasteiger partial charge in [0.2, 0.25) is 11.8 Å². The van der Waals surface area contributed by atoms with E-state index in [-0.39, 0.29) is 37.5 Å². The monoisotopic (exact) mass is 425 g/mol. The van der Waals surface area contributed by atoms with Crippen molar-refractivity contribution in [1.82, 2.24) is 14.8 Å². The standard InChI is InChI=1S/C24H31N3O4/c1-19(2)14-26-15-22(31-18-20-8-6-7-12-25-20)16-27(17-24(26)29)23(28)11-13-30-21-9-4-3-5-10-21/h3-10,12,19,22H,11,13-18H2,1-2H3. The lowest BCUT2D eigenvalue weighted by Crippen LogP contribution is -2.40. The van der Waals surface area contributed by atoms with Crippen molar-refractivity contribution in [3.05, 3.63) is 60.4 Å². The predicted molar refractivity (Wildman–Crippen MR) is 117 cm³/mol. The van der Waals surface area contributed by atoms with Gasteiger partial charge in [0.1, 0.15) is 5.75 Å². The minimum Gasteiger partial charge on any atom is -0.493 e. The molecule has 1 fully saturated rings. The smallest absolute Gasteiger partial charge is 0.242 e. The summed E-state index contributed by atoms with van der Waals surface area (Å²) in [6, 6.07) is 15.1. The van der Waals surface area contributed by atoms with Crippen LogP contribution in [0.3, 0.4) is 0 Å². The Labute approximate surface area is 184 Å². The molecule has 0 N–H and O–H groups in total. The first-order valence-corrected chi connectivity index (χ1v) is 10.8. The third-order valence-corrected chi connectivity index (χ3v) is 4.99. The van der Waals surface area contributed by atoms with Crippen molar-refractivity contribution in [2.75, 3.05) is 32.8 Å². The molecule has 1 aromatic carbocycles. The molecule has 0 radical (unpaired) electrons. The number of benzene rings is 1. The van der Waals surface area contributed by atoms with Gasteiger partial charge in [0, 0.05) is 25.8 Å². The third kappa shape index (κ3) is 7.36. The topological polar surface area (TPSA) is 72.0 Å². The summed E-state index contributed by atoms with van der Waals surface area (Å²) >= 11 is 0. The molecule has 0 saturated carbocycles. The number of carbonyl (C=O) groups excluding carboxylic acids is 2. The fourth-order valence-corrected chi connectivity index (χ4v) is 3.51. The summed E-state index contributed by atoms with van der Waals surface area (Å²) in [7, 11) is 0. The summed E-state index contributed by atoms with van der Waals surface area (Å²) in [4.78, 5) is 33.3. The quantitative estimate of drug-likeness (QED) is 0.618. The average Bonchev–Trinajstić information content (AvgIpc) is 2.92. The van der Waals surface area contributed by atoms with Crippen molar-refractivity contribution in [3.8, 4) is 5.75 Å². The molecule has 1 aliphatic rings. The summed E-state index contributed by atoms with van der Waals surface area (Å²) in [5.41, 5.74) is 0.822. The molecule has 7 heteroatoms. The van der Waals surface area contributed by atoms with E-state index in [4.69, 9.17) is 9.47 Å². The minimum atomic E-state index is -0.272. The van der Waals surface area contributed by atoms with Gasteiger partial charge in [0.15, 0.2) is 0 Å². The summed E-state index contributed by atoms with van der Waals surface area (Å²) in [6.45, 7) is 6.31. The van der Waals surface area contributed by atoms with Gasteiger partial charge in [-0.15, -0.1) is 0 Å². The molecule has 3 rings (SSSR count). The first-order chi connectivity index (χ1) is 15.0. The molecular formula is C24H31N3O4. The lowest BCUT2D eigenvalue weighted by Gasteiger charge is -2.25. The highest BCUT2D eigenvalue weighted by molar-refractivity contribution is 5.85. The van der Waals surface area contributed by atoms with Gasteiger partial charge >= 0.3 is 0 Å². The van der Waals surface area contributed by atoms with Crippen molar-refractivity contribution in [2.45, 2.75) is 33.0 Å². The molecule has 1 saturated heterocycles. The summed E-state index contributed by atoms with van der Waals surface area (Å²) in [5, 5.41) is 0. The van der Waals surface area contributed by atoms with Gasteiger partial charge in [-0.1, -0.05) is 38.1 Å². The summed E-state index contributed by atoms with van der Waals surface area (Å²) < 4.78 is 11.7. The minimum absolute atomic E-state index is 0.0463. The number of amides is 2. The van der Waals surface area contributed by atoms with E-state index < -0.39 is 0 Å². The van der Waals surface area contributed by atoms with E-state index in [1.807, 2.05) is 53.4 Å². The number of aromatic nitrogens is 1. The maximum atomic E-state index is 12.8. The highest BCUT2D eigenvalue weighted by atomic mass is 16.5. The summed E-state index contributed by atoms with van der Waals surface area (Å²) in [6.07, 6.45) is 1.66. The highest BCUT2D eigenvalue weighted by Crippen LogP contribution is 2.14. The van der Waals surface area contributed by atoms with Gasteiger partial charge < -0.3 is 19.3 Å². The van der Waals surface area contributed by atoms with Crippen LogP contribution in [0.15, 0.2) is 54.7 Å². The van der Waals surface area contributed by atoms with Crippen molar-refractivity contribution >= 4 is 11.8 Å². The van der Waals surface area contributed by atoms with Crippen LogP contribution < -0.4 is 4.74 Å². The summed E-state index contributed by atoms with van der Waals surface area (Å²) in [5.74, 6) is 0.904. The fourth-order valence-electron chi connectivity index (χ4n) is 3.51. The van der Waals surface area contributed by atoms with E-state index in [0.29, 0.717) is 32.2 Å². The first kappa shape index (κ1) is 22.7. The maximum Gasteiger partial charge on any atom is 0.242 e. The van der Waals surface area contributed by atoms with Crippen LogP contribution in [0.25, 0.3) is 0 Å². The number of pyridine rings is 1. The predicted octanol–water partition coefficient (Wildman–Crippen LogP) is 2.76. The second-order valence-corrected chi connectivity index (χ2v) is 8.13. The number of rotatable bonds is 9. The Morgan fingerprint density at radius 3 is 2.61 bits per heavy atom. The molecule has 1 aliphatic heterocycles. The molecule has 1 aromatic heterocycles. The molecule has 31 heavy (non-hydrogen) atoms. The van der Waals surface area contributed by atoms with Crippen molar-refractivity contribution in [2.24, 2.45) is 5.92 Å². The average molecular weight is 426 g/mol. The van der Waals surface area contributed by atoms with Crippen LogP contribution in [0.1, 0.15) is 26.0 Å². The SMILES string of the molecule is CC(C)CN1CC(OCc2ccccn2)CN(C(=O)CCOc2ccccc2)CC1=O. The van der Waals surface area contributed by atoms with Crippen LogP contribution >= 0.6 is 0 Å². The van der Waals surface area contributed by atoms with Crippen molar-refractivity contribution in [1.29, 1.82) is 0 Å². The molecule has 7 nitrogen and oxygen atoms in total. The molecule has 0 bridgehead atoms. The molecule has 0 spiro atoms. The van der Waals surface area contributed by atoms with E-state index >= 15 is 0 Å². The molecule has 2 heterocycles. The van der Waals surface area contributed by atoms with Crippen LogP contribution in [0.5, 0.6) is 5.75 Å². The Hall–Kier alpha value is -2.93. The second kappa shape index (κ2) is 11.5. The van der Waals surface area contributed by atoms with Gasteiger partial charge in [-0.05, 0) is 30.2 Å². The van der Waals surface area contributed by atoms with Gasteiger partial charge in [-0.25, -0.2) is 0 Å². The Balaban J connectivity index is 1.61. The lowest BCUT2D eigenvalue weighted by molar-refractivity contribution is -0.139. The number of hydrogen-bond donors (Lipinski definition) is 0. The van der Waals surface area contributed by atoms with E-state index in [1.54, 1.807) is 11.1 Å². The largest absolute Gasteiger partial charge is 0.493 e. The van der Waals surface area contributed by atoms with Crippen molar-refractivity contribution < 1.29 is 19.1 Å². The molecule has 1 unspecified atom stereocenters. The van der Waals surface area contributed by atoms with E-state index in [9.17, 15) is 9.59 Å². The van der Waals surface area contributed by atoms with Gasteiger partial charge in [-0.3, -0.25) is 14.6 Å². The number of para-hydroxylation sites is 1. The maximum absolute atomic E-state index is 12.8. The highest BCUT2D eigenvalue weighted by Gasteiger charge is 2.31. The van der Waals surface area contributed by atoms with E-state index in [2.05, 4.69) is 18.8 Å². The Kier molecular flexibility index (Phi) is 8.41. The molecule has 2 aromatic rings.